The maximum atomic E-state index is 13.3. The van der Waals surface area contributed by atoms with Gasteiger partial charge in [-0.15, -0.1) is 0 Å². The number of furan rings is 1. The Morgan fingerprint density at radius 1 is 1.12 bits per heavy atom. The van der Waals surface area contributed by atoms with Gasteiger partial charge in [-0.05, 0) is 63.0 Å². The summed E-state index contributed by atoms with van der Waals surface area (Å²) in [5.41, 5.74) is 2.88. The Morgan fingerprint density at radius 3 is 2.58 bits per heavy atom. The number of ether oxygens (including phenoxy) is 1. The Labute approximate surface area is 193 Å². The zero-order chi connectivity index (χ0) is 23.4. The van der Waals surface area contributed by atoms with Gasteiger partial charge in [-0.3, -0.25) is 4.79 Å². The highest BCUT2D eigenvalue weighted by Gasteiger charge is 2.23. The van der Waals surface area contributed by atoms with Crippen LogP contribution in [0.5, 0.6) is 5.75 Å². The predicted molar refractivity (Wildman–Crippen MR) is 128 cm³/mol. The molecule has 0 spiro atoms. The molecule has 4 rings (SSSR count). The van der Waals surface area contributed by atoms with Crippen molar-refractivity contribution < 1.29 is 13.9 Å². The van der Waals surface area contributed by atoms with E-state index in [0.717, 1.165) is 22.8 Å². The van der Waals surface area contributed by atoms with Gasteiger partial charge in [0.2, 0.25) is 0 Å². The maximum Gasteiger partial charge on any atom is 0.255 e. The molecule has 1 atom stereocenters. The Balaban J connectivity index is 1.62. The maximum absolute atomic E-state index is 13.3. The van der Waals surface area contributed by atoms with Crippen LogP contribution in [0, 0.1) is 6.92 Å². The van der Waals surface area contributed by atoms with Crippen molar-refractivity contribution in [2.24, 2.45) is 0 Å². The number of likely N-dealkylation sites (N-methyl/N-ethyl adjacent to an activating group) is 1. The number of rotatable bonds is 8. The van der Waals surface area contributed by atoms with Crippen LogP contribution in [0.4, 0.5) is 0 Å². The minimum Gasteiger partial charge on any atom is -0.497 e. The third-order valence-corrected chi connectivity index (χ3v) is 5.51. The van der Waals surface area contributed by atoms with E-state index in [1.54, 1.807) is 18.0 Å². The Hall–Kier alpha value is -3.84. The molecule has 0 saturated heterocycles. The van der Waals surface area contributed by atoms with Crippen LogP contribution >= 0.6 is 0 Å². The highest BCUT2D eigenvalue weighted by Crippen LogP contribution is 2.26. The first kappa shape index (κ1) is 22.4. The zero-order valence-electron chi connectivity index (χ0n) is 19.3. The van der Waals surface area contributed by atoms with Crippen LogP contribution in [0.15, 0.2) is 77.3 Å². The Kier molecular flexibility index (Phi) is 6.60. The second-order valence-electron chi connectivity index (χ2n) is 8.05. The molecule has 0 aliphatic rings. The summed E-state index contributed by atoms with van der Waals surface area (Å²) in [5.74, 6) is 1.89. The molecule has 1 amide bonds. The largest absolute Gasteiger partial charge is 0.497 e. The second-order valence-corrected chi connectivity index (χ2v) is 8.05. The number of aromatic nitrogens is 2. The summed E-state index contributed by atoms with van der Waals surface area (Å²) in [4.78, 5) is 15.4. The van der Waals surface area contributed by atoms with Crippen molar-refractivity contribution in [3.8, 4) is 22.9 Å². The molecule has 1 N–H and O–H groups in total. The molecule has 7 heteroatoms. The number of benzene rings is 2. The topological polar surface area (TPSA) is 72.5 Å². The highest BCUT2D eigenvalue weighted by atomic mass is 16.5. The average Bonchev–Trinajstić information content (AvgIpc) is 3.46. The minimum atomic E-state index is -0.212. The lowest BCUT2D eigenvalue weighted by Crippen LogP contribution is -2.34. The summed E-state index contributed by atoms with van der Waals surface area (Å²) >= 11 is 0. The quantitative estimate of drug-likeness (QED) is 0.434. The van der Waals surface area contributed by atoms with Crippen LogP contribution in [-0.4, -0.2) is 48.3 Å². The van der Waals surface area contributed by atoms with Crippen LogP contribution in [0.2, 0.25) is 0 Å². The van der Waals surface area contributed by atoms with E-state index in [9.17, 15) is 4.79 Å². The van der Waals surface area contributed by atoms with E-state index in [1.165, 1.54) is 0 Å². The number of para-hydroxylation sites is 1. The zero-order valence-corrected chi connectivity index (χ0v) is 19.3. The van der Waals surface area contributed by atoms with E-state index in [1.807, 2.05) is 87.7 Å². The number of hydrogen-bond donors (Lipinski definition) is 1. The lowest BCUT2D eigenvalue weighted by molar-refractivity contribution is 0.0942. The molecule has 4 aromatic rings. The van der Waals surface area contributed by atoms with Gasteiger partial charge in [0.1, 0.15) is 17.2 Å². The molecule has 2 aromatic carbocycles. The number of methoxy groups -OCH3 is 1. The summed E-state index contributed by atoms with van der Waals surface area (Å²) < 4.78 is 12.9. The molecule has 1 unspecified atom stereocenters. The van der Waals surface area contributed by atoms with Crippen molar-refractivity contribution >= 4 is 5.91 Å². The molecule has 0 aliphatic heterocycles. The first-order valence-electron chi connectivity index (χ1n) is 10.8. The normalized spacial score (nSPS) is 12.0. The Morgan fingerprint density at radius 2 is 1.91 bits per heavy atom. The van der Waals surface area contributed by atoms with Crippen molar-refractivity contribution in [1.82, 2.24) is 20.0 Å². The van der Waals surface area contributed by atoms with Crippen LogP contribution < -0.4 is 10.1 Å². The van der Waals surface area contributed by atoms with Crippen molar-refractivity contribution in [2.45, 2.75) is 13.0 Å². The third-order valence-electron chi connectivity index (χ3n) is 5.51. The Bertz CT molecular complexity index is 1230. The molecule has 0 bridgehead atoms. The van der Waals surface area contributed by atoms with E-state index >= 15 is 0 Å². The standard InChI is InChI=1S/C26H28N4O3/c1-18-13-14-24(33-18)25-22(17-30(28-25)20-10-6-5-7-11-20)26(31)27-16-23(29(2)3)19-9-8-12-21(15-19)32-4/h5-15,17,23H,16H2,1-4H3,(H,27,31). The average molecular weight is 445 g/mol. The third kappa shape index (κ3) is 4.99. The summed E-state index contributed by atoms with van der Waals surface area (Å²) in [6, 6.07) is 21.2. The molecule has 0 aliphatic carbocycles. The van der Waals surface area contributed by atoms with E-state index in [0.29, 0.717) is 23.6 Å². The lowest BCUT2D eigenvalue weighted by atomic mass is 10.1. The van der Waals surface area contributed by atoms with Crippen molar-refractivity contribution in [2.75, 3.05) is 27.7 Å². The molecule has 2 aromatic heterocycles. The predicted octanol–water partition coefficient (Wildman–Crippen LogP) is 4.48. The second kappa shape index (κ2) is 9.75. The number of nitrogens with zero attached hydrogens (tertiary/aromatic N) is 3. The summed E-state index contributed by atoms with van der Waals surface area (Å²) in [5, 5.41) is 7.74. The van der Waals surface area contributed by atoms with Crippen molar-refractivity contribution in [3.63, 3.8) is 0 Å². The monoisotopic (exact) mass is 444 g/mol. The number of hydrogen-bond acceptors (Lipinski definition) is 5. The van der Waals surface area contributed by atoms with Crippen LogP contribution in [0.25, 0.3) is 17.1 Å². The van der Waals surface area contributed by atoms with E-state index in [-0.39, 0.29) is 11.9 Å². The van der Waals surface area contributed by atoms with Gasteiger partial charge in [0, 0.05) is 12.7 Å². The molecule has 2 heterocycles. The molecule has 33 heavy (non-hydrogen) atoms. The number of aryl methyl sites for hydroxylation is 1. The van der Waals surface area contributed by atoms with E-state index in [4.69, 9.17) is 9.15 Å². The SMILES string of the molecule is COc1cccc(C(CNC(=O)c2cn(-c3ccccc3)nc2-c2ccc(C)o2)N(C)C)c1. The van der Waals surface area contributed by atoms with Crippen LogP contribution in [0.1, 0.15) is 27.7 Å². The molecule has 7 nitrogen and oxygen atoms in total. The number of carbonyl (C=O) groups is 1. The number of amides is 1. The fourth-order valence-corrected chi connectivity index (χ4v) is 3.73. The fraction of sp³-hybridized carbons (Fsp3) is 0.231. The summed E-state index contributed by atoms with van der Waals surface area (Å²) in [6.45, 7) is 2.29. The van der Waals surface area contributed by atoms with E-state index < -0.39 is 0 Å². The van der Waals surface area contributed by atoms with Gasteiger partial charge in [-0.2, -0.15) is 5.10 Å². The highest BCUT2D eigenvalue weighted by molar-refractivity contribution is 5.99. The molecule has 0 radical (unpaired) electrons. The van der Waals surface area contributed by atoms with Crippen LogP contribution in [0.3, 0.4) is 0 Å². The smallest absolute Gasteiger partial charge is 0.255 e. The van der Waals surface area contributed by atoms with Crippen molar-refractivity contribution in [1.29, 1.82) is 0 Å². The molecular formula is C26H28N4O3. The van der Waals surface area contributed by atoms with Gasteiger partial charge >= 0.3 is 0 Å². The van der Waals surface area contributed by atoms with Gasteiger partial charge < -0.3 is 19.4 Å². The summed E-state index contributed by atoms with van der Waals surface area (Å²) in [6.07, 6.45) is 1.74. The van der Waals surface area contributed by atoms with Gasteiger partial charge in [0.25, 0.3) is 5.91 Å². The van der Waals surface area contributed by atoms with Crippen molar-refractivity contribution in [3.05, 3.63) is 89.8 Å². The van der Waals surface area contributed by atoms with Gasteiger partial charge in [-0.1, -0.05) is 30.3 Å². The fourth-order valence-electron chi connectivity index (χ4n) is 3.73. The summed E-state index contributed by atoms with van der Waals surface area (Å²) in [7, 11) is 5.62. The van der Waals surface area contributed by atoms with E-state index in [2.05, 4.69) is 15.3 Å². The molecule has 170 valence electrons. The first-order chi connectivity index (χ1) is 16.0. The van der Waals surface area contributed by atoms with Gasteiger partial charge in [0.15, 0.2) is 5.76 Å². The number of nitrogens with one attached hydrogen (secondary N) is 1. The first-order valence-corrected chi connectivity index (χ1v) is 10.8. The van der Waals surface area contributed by atoms with Gasteiger partial charge in [-0.25, -0.2) is 4.68 Å². The molecule has 0 fully saturated rings. The molecule has 0 saturated carbocycles. The van der Waals surface area contributed by atoms with Crippen LogP contribution in [-0.2, 0) is 0 Å². The number of carbonyl (C=O) groups excluding carboxylic acids is 1. The molecular weight excluding hydrogens is 416 g/mol. The minimum absolute atomic E-state index is 0.0254. The van der Waals surface area contributed by atoms with Gasteiger partial charge in [0.05, 0.1) is 24.4 Å². The lowest BCUT2D eigenvalue weighted by Gasteiger charge is -2.25.